The van der Waals surface area contributed by atoms with Crippen LogP contribution >= 0.6 is 0 Å². The summed E-state index contributed by atoms with van der Waals surface area (Å²) in [6.07, 6.45) is 3.39. The molecule has 2 N–H and O–H groups in total. The van der Waals surface area contributed by atoms with E-state index >= 15 is 0 Å². The van der Waals surface area contributed by atoms with Gasteiger partial charge >= 0.3 is 0 Å². The van der Waals surface area contributed by atoms with Gasteiger partial charge in [0.2, 0.25) is 0 Å². The number of hydrogen-bond donors (Lipinski definition) is 2. The molecule has 5 heteroatoms. The summed E-state index contributed by atoms with van der Waals surface area (Å²) in [5, 5.41) is 3.58. The number of nitrogens with one attached hydrogen (secondary N) is 2. The summed E-state index contributed by atoms with van der Waals surface area (Å²) < 4.78 is 13.2. The highest BCUT2D eigenvalue weighted by Crippen LogP contribution is 2.22. The minimum atomic E-state index is -0.328. The fourth-order valence-corrected chi connectivity index (χ4v) is 2.37. The van der Waals surface area contributed by atoms with E-state index in [0.717, 1.165) is 16.6 Å². The van der Waals surface area contributed by atoms with Crippen molar-refractivity contribution in [3.8, 4) is 0 Å². The van der Waals surface area contributed by atoms with Gasteiger partial charge in [0.1, 0.15) is 5.82 Å². The average Bonchev–Trinajstić information content (AvgIpc) is 2.81. The van der Waals surface area contributed by atoms with E-state index < -0.39 is 0 Å². The highest BCUT2D eigenvalue weighted by Gasteiger charge is 2.16. The van der Waals surface area contributed by atoms with Crippen molar-refractivity contribution in [3.05, 3.63) is 65.4 Å². The van der Waals surface area contributed by atoms with E-state index in [9.17, 15) is 9.18 Å². The Morgan fingerprint density at radius 1 is 1.38 bits per heavy atom. The van der Waals surface area contributed by atoms with E-state index in [1.54, 1.807) is 25.4 Å². The van der Waals surface area contributed by atoms with Gasteiger partial charge in [-0.3, -0.25) is 9.78 Å². The zero-order chi connectivity index (χ0) is 14.8. The van der Waals surface area contributed by atoms with Crippen LogP contribution in [0.1, 0.15) is 21.6 Å². The van der Waals surface area contributed by atoms with E-state index in [2.05, 4.69) is 15.3 Å². The Labute approximate surface area is 121 Å². The topological polar surface area (TPSA) is 57.8 Å². The Bertz CT molecular complexity index is 796. The fraction of sp³-hybridized carbons (Fsp3) is 0.125. The summed E-state index contributed by atoms with van der Waals surface area (Å²) in [5.41, 5.74) is 2.82. The molecule has 0 saturated heterocycles. The van der Waals surface area contributed by atoms with Gasteiger partial charge in [-0.1, -0.05) is 6.07 Å². The number of H-pyrrole nitrogens is 1. The molecule has 0 atom stereocenters. The second-order valence-corrected chi connectivity index (χ2v) is 4.86. The van der Waals surface area contributed by atoms with Gasteiger partial charge in [-0.2, -0.15) is 0 Å². The first-order valence-corrected chi connectivity index (χ1v) is 6.60. The minimum absolute atomic E-state index is 0.186. The molecule has 3 aromatic rings. The predicted molar refractivity (Wildman–Crippen MR) is 78.4 cm³/mol. The van der Waals surface area contributed by atoms with Crippen molar-refractivity contribution in [2.75, 3.05) is 0 Å². The normalized spacial score (nSPS) is 10.8. The first-order chi connectivity index (χ1) is 10.1. The number of fused-ring (bicyclic) bond motifs is 1. The lowest BCUT2D eigenvalue weighted by Crippen LogP contribution is -2.23. The molecule has 0 unspecified atom stereocenters. The summed E-state index contributed by atoms with van der Waals surface area (Å²) in [6.45, 7) is 2.21. The van der Waals surface area contributed by atoms with Gasteiger partial charge in [0.15, 0.2) is 0 Å². The molecule has 2 aromatic heterocycles. The maximum atomic E-state index is 13.2. The van der Waals surface area contributed by atoms with Crippen LogP contribution in [0.2, 0.25) is 0 Å². The molecular formula is C16H14FN3O. The summed E-state index contributed by atoms with van der Waals surface area (Å²) in [7, 11) is 0. The third kappa shape index (κ3) is 2.63. The lowest BCUT2D eigenvalue weighted by molar-refractivity contribution is 0.0952. The third-order valence-electron chi connectivity index (χ3n) is 3.35. The van der Waals surface area contributed by atoms with Gasteiger partial charge in [0.05, 0.1) is 5.56 Å². The van der Waals surface area contributed by atoms with Crippen molar-refractivity contribution in [2.24, 2.45) is 0 Å². The van der Waals surface area contributed by atoms with Gasteiger partial charge in [-0.15, -0.1) is 0 Å². The number of hydrogen-bond acceptors (Lipinski definition) is 2. The van der Waals surface area contributed by atoms with Crippen LogP contribution in [0.5, 0.6) is 0 Å². The molecule has 0 radical (unpaired) electrons. The van der Waals surface area contributed by atoms with E-state index in [1.165, 1.54) is 12.1 Å². The number of pyridine rings is 1. The summed E-state index contributed by atoms with van der Waals surface area (Å²) in [5.74, 6) is -0.514. The lowest BCUT2D eigenvalue weighted by Gasteiger charge is -2.05. The highest BCUT2D eigenvalue weighted by molar-refractivity contribution is 6.08. The quantitative estimate of drug-likeness (QED) is 0.776. The summed E-state index contributed by atoms with van der Waals surface area (Å²) in [6, 6.07) is 8.08. The number of benzene rings is 1. The van der Waals surface area contributed by atoms with Crippen molar-refractivity contribution in [1.82, 2.24) is 15.3 Å². The number of amides is 1. The van der Waals surface area contributed by atoms with Gasteiger partial charge in [-0.25, -0.2) is 4.39 Å². The first kappa shape index (κ1) is 13.3. The van der Waals surface area contributed by atoms with Crippen LogP contribution in [0, 0.1) is 12.7 Å². The van der Waals surface area contributed by atoms with E-state index in [1.807, 2.05) is 12.1 Å². The van der Waals surface area contributed by atoms with Gasteiger partial charge in [0, 0.05) is 35.5 Å². The molecule has 0 fully saturated rings. The predicted octanol–water partition coefficient (Wildman–Crippen LogP) is 2.94. The number of carbonyl (C=O) groups is 1. The van der Waals surface area contributed by atoms with Crippen LogP contribution in [0.4, 0.5) is 4.39 Å². The van der Waals surface area contributed by atoms with Crippen molar-refractivity contribution in [3.63, 3.8) is 0 Å². The van der Waals surface area contributed by atoms with Crippen molar-refractivity contribution in [1.29, 1.82) is 0 Å². The Morgan fingerprint density at radius 2 is 2.24 bits per heavy atom. The highest BCUT2D eigenvalue weighted by atomic mass is 19.1. The molecule has 0 aliphatic rings. The van der Waals surface area contributed by atoms with Crippen LogP contribution in [0.3, 0.4) is 0 Å². The summed E-state index contributed by atoms with van der Waals surface area (Å²) >= 11 is 0. The summed E-state index contributed by atoms with van der Waals surface area (Å²) in [4.78, 5) is 19.4. The second kappa shape index (κ2) is 5.36. The Balaban J connectivity index is 1.86. The van der Waals surface area contributed by atoms with Crippen LogP contribution < -0.4 is 5.32 Å². The Morgan fingerprint density at radius 3 is 3.00 bits per heavy atom. The SMILES string of the molecule is Cc1[nH]c2cc(F)ccc2c1C(=O)NCc1cccnc1. The molecule has 0 bridgehead atoms. The molecule has 3 rings (SSSR count). The Hall–Kier alpha value is -2.69. The third-order valence-corrected chi connectivity index (χ3v) is 3.35. The van der Waals surface area contributed by atoms with E-state index in [-0.39, 0.29) is 11.7 Å². The molecule has 0 spiro atoms. The van der Waals surface area contributed by atoms with Crippen molar-refractivity contribution < 1.29 is 9.18 Å². The number of aryl methyl sites for hydroxylation is 1. The number of aromatic nitrogens is 2. The molecule has 2 heterocycles. The molecular weight excluding hydrogens is 269 g/mol. The number of halogens is 1. The zero-order valence-electron chi connectivity index (χ0n) is 11.5. The van der Waals surface area contributed by atoms with Gasteiger partial charge in [-0.05, 0) is 36.8 Å². The van der Waals surface area contributed by atoms with Crippen LogP contribution in [-0.2, 0) is 6.54 Å². The average molecular weight is 283 g/mol. The van der Waals surface area contributed by atoms with Crippen LogP contribution in [0.15, 0.2) is 42.7 Å². The van der Waals surface area contributed by atoms with Crippen LogP contribution in [-0.4, -0.2) is 15.9 Å². The molecule has 4 nitrogen and oxygen atoms in total. The van der Waals surface area contributed by atoms with Crippen molar-refractivity contribution >= 4 is 16.8 Å². The largest absolute Gasteiger partial charge is 0.358 e. The second-order valence-electron chi connectivity index (χ2n) is 4.86. The minimum Gasteiger partial charge on any atom is -0.358 e. The van der Waals surface area contributed by atoms with Gasteiger partial charge < -0.3 is 10.3 Å². The number of rotatable bonds is 3. The molecule has 21 heavy (non-hydrogen) atoms. The lowest BCUT2D eigenvalue weighted by atomic mass is 10.1. The molecule has 0 aliphatic carbocycles. The molecule has 1 amide bonds. The van der Waals surface area contributed by atoms with E-state index in [4.69, 9.17) is 0 Å². The molecule has 1 aromatic carbocycles. The number of nitrogens with zero attached hydrogens (tertiary/aromatic N) is 1. The smallest absolute Gasteiger partial charge is 0.253 e. The molecule has 0 aliphatic heterocycles. The zero-order valence-corrected chi connectivity index (χ0v) is 11.5. The van der Waals surface area contributed by atoms with Gasteiger partial charge in [0.25, 0.3) is 5.91 Å². The maximum Gasteiger partial charge on any atom is 0.253 e. The van der Waals surface area contributed by atoms with Crippen molar-refractivity contribution in [2.45, 2.75) is 13.5 Å². The van der Waals surface area contributed by atoms with Crippen LogP contribution in [0.25, 0.3) is 10.9 Å². The number of aromatic amines is 1. The monoisotopic (exact) mass is 283 g/mol. The van der Waals surface area contributed by atoms with E-state index in [0.29, 0.717) is 17.6 Å². The first-order valence-electron chi connectivity index (χ1n) is 6.60. The number of carbonyl (C=O) groups excluding carboxylic acids is 1. The molecule has 106 valence electrons. The maximum absolute atomic E-state index is 13.2. The Kier molecular flexibility index (Phi) is 3.39. The molecule has 0 saturated carbocycles. The standard InChI is InChI=1S/C16H14FN3O/c1-10-15(13-5-4-12(17)7-14(13)20-10)16(21)19-9-11-3-2-6-18-8-11/h2-8,20H,9H2,1H3,(H,19,21). The fourth-order valence-electron chi connectivity index (χ4n) is 2.37.